The predicted molar refractivity (Wildman–Crippen MR) is 231 cm³/mol. The highest BCUT2D eigenvalue weighted by atomic mass is 16.3. The second-order valence-corrected chi connectivity index (χ2v) is 14.2. The maximum absolute atomic E-state index is 6.52. The fourth-order valence-corrected chi connectivity index (χ4v) is 8.16. The van der Waals surface area contributed by atoms with Crippen LogP contribution in [0, 0.1) is 0 Å². The van der Waals surface area contributed by atoms with Gasteiger partial charge in [0.1, 0.15) is 23.2 Å². The van der Waals surface area contributed by atoms with Crippen LogP contribution in [0.25, 0.3) is 71.7 Å². The van der Waals surface area contributed by atoms with Crippen LogP contribution in [-0.2, 0) is 0 Å². The van der Waals surface area contributed by atoms with Crippen molar-refractivity contribution < 1.29 is 4.42 Å². The average molecular weight is 719 g/mol. The van der Waals surface area contributed by atoms with Crippen molar-refractivity contribution >= 4 is 55.4 Å². The van der Waals surface area contributed by atoms with E-state index in [0.717, 1.165) is 72.3 Å². The fourth-order valence-electron chi connectivity index (χ4n) is 8.16. The van der Waals surface area contributed by atoms with Crippen molar-refractivity contribution in [2.24, 2.45) is 9.98 Å². The fraction of sp³-hybridized carbons (Fsp3) is 0.0196. The van der Waals surface area contributed by atoms with E-state index in [1.165, 1.54) is 21.9 Å². The number of nitrogens with one attached hydrogen (secondary N) is 1. The first-order chi connectivity index (χ1) is 27.7. The molecule has 3 heterocycles. The van der Waals surface area contributed by atoms with Gasteiger partial charge >= 0.3 is 0 Å². The molecule has 0 radical (unpaired) electrons. The average Bonchev–Trinajstić information content (AvgIpc) is 3.82. The molecule has 2 aromatic heterocycles. The van der Waals surface area contributed by atoms with Gasteiger partial charge in [0.25, 0.3) is 0 Å². The van der Waals surface area contributed by atoms with Crippen molar-refractivity contribution in [1.29, 1.82) is 0 Å². The molecule has 5 nitrogen and oxygen atoms in total. The van der Waals surface area contributed by atoms with E-state index in [-0.39, 0.29) is 6.17 Å². The number of para-hydroxylation sites is 2. The van der Waals surface area contributed by atoms with Crippen molar-refractivity contribution in [3.05, 3.63) is 211 Å². The Bertz CT molecular complexity index is 3160. The van der Waals surface area contributed by atoms with E-state index >= 15 is 0 Å². The van der Waals surface area contributed by atoms with Gasteiger partial charge in [0.15, 0.2) is 5.84 Å². The van der Waals surface area contributed by atoms with Crippen LogP contribution in [0.1, 0.15) is 22.9 Å². The van der Waals surface area contributed by atoms with Crippen molar-refractivity contribution in [2.45, 2.75) is 6.17 Å². The van der Waals surface area contributed by atoms with Gasteiger partial charge in [0.2, 0.25) is 0 Å². The topological polar surface area (TPSA) is 54.8 Å². The third kappa shape index (κ3) is 5.40. The van der Waals surface area contributed by atoms with Crippen molar-refractivity contribution in [3.8, 4) is 27.9 Å². The highest BCUT2D eigenvalue weighted by Crippen LogP contribution is 2.40. The number of furan rings is 1. The Labute approximate surface area is 323 Å². The molecule has 56 heavy (non-hydrogen) atoms. The maximum atomic E-state index is 6.52. The zero-order valence-corrected chi connectivity index (χ0v) is 30.3. The van der Waals surface area contributed by atoms with E-state index in [1.807, 2.05) is 36.4 Å². The molecule has 10 aromatic rings. The molecule has 8 aromatic carbocycles. The highest BCUT2D eigenvalue weighted by Gasteiger charge is 2.22. The minimum Gasteiger partial charge on any atom is -0.455 e. The zero-order valence-electron chi connectivity index (χ0n) is 30.3. The number of aromatic nitrogens is 1. The summed E-state index contributed by atoms with van der Waals surface area (Å²) >= 11 is 0. The van der Waals surface area contributed by atoms with Crippen molar-refractivity contribution in [2.75, 3.05) is 0 Å². The van der Waals surface area contributed by atoms with Gasteiger partial charge < -0.3 is 14.3 Å². The Balaban J connectivity index is 1.11. The van der Waals surface area contributed by atoms with Crippen LogP contribution in [0.5, 0.6) is 0 Å². The molecule has 264 valence electrons. The smallest absolute Gasteiger partial charge is 0.159 e. The van der Waals surface area contributed by atoms with Gasteiger partial charge in [-0.05, 0) is 52.6 Å². The normalized spacial score (nSPS) is 14.2. The second-order valence-electron chi connectivity index (χ2n) is 14.2. The Kier molecular flexibility index (Phi) is 7.49. The van der Waals surface area contributed by atoms with E-state index < -0.39 is 0 Å². The number of aliphatic imine (C=N–C) groups is 2. The first-order valence-electron chi connectivity index (χ1n) is 18.9. The first-order valence-corrected chi connectivity index (χ1v) is 18.9. The molecular formula is C51H34N4O. The van der Waals surface area contributed by atoms with Gasteiger partial charge in [-0.1, -0.05) is 164 Å². The predicted octanol–water partition coefficient (Wildman–Crippen LogP) is 12.5. The number of hydrogen-bond acceptors (Lipinski definition) is 4. The zero-order chi connectivity index (χ0) is 37.0. The Hall–Kier alpha value is -7.50. The molecule has 0 amide bonds. The molecule has 0 aliphatic carbocycles. The molecule has 5 heteroatoms. The molecule has 0 saturated heterocycles. The molecule has 1 atom stereocenters. The van der Waals surface area contributed by atoms with E-state index in [0.29, 0.717) is 5.84 Å². The summed E-state index contributed by atoms with van der Waals surface area (Å²) in [5.41, 5.74) is 12.6. The second kappa shape index (κ2) is 13.1. The largest absolute Gasteiger partial charge is 0.455 e. The number of fused-ring (bicyclic) bond motifs is 6. The molecule has 0 spiro atoms. The number of nitrogens with zero attached hydrogens (tertiary/aromatic N) is 3. The van der Waals surface area contributed by atoms with Gasteiger partial charge in [-0.15, -0.1) is 0 Å². The lowest BCUT2D eigenvalue weighted by Gasteiger charge is -2.24. The van der Waals surface area contributed by atoms with Gasteiger partial charge in [-0.2, -0.15) is 0 Å². The quantitative estimate of drug-likeness (QED) is 0.186. The molecule has 0 bridgehead atoms. The summed E-state index contributed by atoms with van der Waals surface area (Å²) in [6.45, 7) is 0. The SMILES string of the molecule is c1ccc(C2=NC(c3ccccc3)NC(c3cccc(-n4c5cc(-c6ccccc6)ccc5c5ccc(-c6cccc7c6oc6ccccc67)cc54)c3)=N2)cc1. The molecule has 0 saturated carbocycles. The van der Waals surface area contributed by atoms with Gasteiger partial charge in [0.05, 0.1) is 11.0 Å². The number of rotatable bonds is 6. The Morgan fingerprint density at radius 3 is 1.88 bits per heavy atom. The number of benzene rings is 8. The Morgan fingerprint density at radius 2 is 1.09 bits per heavy atom. The molecule has 1 aliphatic rings. The van der Waals surface area contributed by atoms with Crippen LogP contribution in [0.3, 0.4) is 0 Å². The van der Waals surface area contributed by atoms with E-state index in [2.05, 4.69) is 168 Å². The van der Waals surface area contributed by atoms with Gasteiger partial charge in [-0.25, -0.2) is 9.98 Å². The summed E-state index contributed by atoms with van der Waals surface area (Å²) < 4.78 is 8.91. The molecule has 0 fully saturated rings. The summed E-state index contributed by atoms with van der Waals surface area (Å²) in [6, 6.07) is 68.1. The van der Waals surface area contributed by atoms with Gasteiger partial charge in [0, 0.05) is 43.9 Å². The van der Waals surface area contributed by atoms with E-state index in [4.69, 9.17) is 14.4 Å². The van der Waals surface area contributed by atoms with Gasteiger partial charge in [-0.3, -0.25) is 0 Å². The van der Waals surface area contributed by atoms with Crippen LogP contribution < -0.4 is 5.32 Å². The minimum absolute atomic E-state index is 0.284. The van der Waals surface area contributed by atoms with Crippen LogP contribution in [0.15, 0.2) is 209 Å². The van der Waals surface area contributed by atoms with E-state index in [1.54, 1.807) is 0 Å². The lowest BCUT2D eigenvalue weighted by molar-refractivity contribution is 0.670. The summed E-state index contributed by atoms with van der Waals surface area (Å²) in [5.74, 6) is 1.48. The van der Waals surface area contributed by atoms with Crippen molar-refractivity contribution in [3.63, 3.8) is 0 Å². The lowest BCUT2D eigenvalue weighted by Crippen LogP contribution is -2.33. The summed E-state index contributed by atoms with van der Waals surface area (Å²) in [5, 5.41) is 8.28. The standard InChI is InChI=1S/C51H34N4O/c1-4-14-33(15-5-1)36-26-28-41-42-29-27-37(40-23-13-24-44-43-22-10-11-25-47(43)56-48(40)44)32-46(42)55(45(41)31-36)39-21-12-20-38(30-39)51-53-49(34-16-6-2-7-17-34)52-50(54-51)35-18-8-3-9-19-35/h1-32,49H,(H,52,53,54). The van der Waals surface area contributed by atoms with Crippen LogP contribution in [0.4, 0.5) is 0 Å². The maximum Gasteiger partial charge on any atom is 0.159 e. The summed E-state index contributed by atoms with van der Waals surface area (Å²) in [4.78, 5) is 10.2. The van der Waals surface area contributed by atoms with Crippen molar-refractivity contribution in [1.82, 2.24) is 9.88 Å². The summed E-state index contributed by atoms with van der Waals surface area (Å²) in [7, 11) is 0. The summed E-state index contributed by atoms with van der Waals surface area (Å²) in [6.07, 6.45) is -0.284. The monoisotopic (exact) mass is 718 g/mol. The van der Waals surface area contributed by atoms with E-state index in [9.17, 15) is 0 Å². The molecule has 1 unspecified atom stereocenters. The first kappa shape index (κ1) is 32.0. The molecule has 1 N–H and O–H groups in total. The third-order valence-corrected chi connectivity index (χ3v) is 10.9. The molecule has 11 rings (SSSR count). The highest BCUT2D eigenvalue weighted by molar-refractivity contribution is 6.15. The van der Waals surface area contributed by atoms with Crippen LogP contribution in [0.2, 0.25) is 0 Å². The van der Waals surface area contributed by atoms with Crippen LogP contribution in [-0.4, -0.2) is 16.2 Å². The minimum atomic E-state index is -0.284. The third-order valence-electron chi connectivity index (χ3n) is 10.9. The number of hydrogen-bond donors (Lipinski definition) is 1. The molecular weight excluding hydrogens is 685 g/mol. The Morgan fingerprint density at radius 1 is 0.464 bits per heavy atom. The van der Waals surface area contributed by atoms with Crippen LogP contribution >= 0.6 is 0 Å². The molecule has 1 aliphatic heterocycles. The lowest BCUT2D eigenvalue weighted by atomic mass is 10.00. The number of amidine groups is 2.